The molecular weight excluding hydrogens is 701 g/mol. The molecule has 2 aliphatic carbocycles. The van der Waals surface area contributed by atoms with Gasteiger partial charge in [0.1, 0.15) is 0 Å². The Bertz CT molecular complexity index is 1820. The summed E-state index contributed by atoms with van der Waals surface area (Å²) < 4.78 is 158. The molecule has 4 unspecified atom stereocenters. The predicted molar refractivity (Wildman–Crippen MR) is 157 cm³/mol. The number of alkyl halides is 2. The van der Waals surface area contributed by atoms with Crippen LogP contribution in [0, 0.1) is 0 Å². The van der Waals surface area contributed by atoms with Crippen molar-refractivity contribution in [3.63, 3.8) is 0 Å². The molecule has 2 aliphatic rings. The fraction of sp³-hybridized carbons (Fsp3) is 0.111. The molecule has 47 heavy (non-hydrogen) atoms. The summed E-state index contributed by atoms with van der Waals surface area (Å²) in [6.07, 6.45) is 0. The second-order valence-electron chi connectivity index (χ2n) is 10.8. The normalized spacial score (nSPS) is 28.3. The second-order valence-corrected chi connectivity index (χ2v) is 13.8. The van der Waals surface area contributed by atoms with Gasteiger partial charge in [-0.15, -0.1) is 0 Å². The van der Waals surface area contributed by atoms with Gasteiger partial charge in [0.2, 0.25) is 0 Å². The molecule has 0 aliphatic heterocycles. The number of halogens is 10. The van der Waals surface area contributed by atoms with Crippen LogP contribution in [0.25, 0.3) is 0 Å². The quantitative estimate of drug-likeness (QED) is 0.137. The zero-order chi connectivity index (χ0) is 33.8. The molecule has 0 aromatic heterocycles. The average Bonchev–Trinajstić information content (AvgIpc) is 3.13. The number of allylic oxidation sites excluding steroid dienone is 8. The number of benzene rings is 4. The van der Waals surface area contributed by atoms with Crippen LogP contribution in [0.5, 0.6) is 0 Å². The monoisotopic (exact) mass is 722 g/mol. The topological polar surface area (TPSA) is 0 Å². The van der Waals surface area contributed by atoms with E-state index in [0.717, 1.165) is 48.5 Å². The van der Waals surface area contributed by atoms with Crippen LogP contribution in [0.3, 0.4) is 0 Å². The zero-order valence-electron chi connectivity index (χ0n) is 23.7. The van der Waals surface area contributed by atoms with Crippen molar-refractivity contribution in [2.45, 2.75) is 20.0 Å². The molecule has 6 rings (SSSR count). The summed E-state index contributed by atoms with van der Waals surface area (Å²) in [5, 5.41) is 0. The number of hydrogen-bond acceptors (Lipinski definition) is 0. The van der Waals surface area contributed by atoms with Crippen molar-refractivity contribution < 1.29 is 43.9 Å². The minimum absolute atomic E-state index is 0.656. The first kappa shape index (κ1) is 32.6. The fourth-order valence-electron chi connectivity index (χ4n) is 6.18. The van der Waals surface area contributed by atoms with Gasteiger partial charge in [-0.05, 0) is 0 Å². The molecule has 0 nitrogen and oxygen atoms in total. The Kier molecular flexibility index (Phi) is 8.13. The molecule has 0 bridgehead atoms. The van der Waals surface area contributed by atoms with Crippen LogP contribution in [0.1, 0.15) is 22.3 Å². The third-order valence-corrected chi connectivity index (χ3v) is 12.6. The van der Waals surface area contributed by atoms with E-state index in [1.165, 1.54) is 72.8 Å². The summed E-state index contributed by atoms with van der Waals surface area (Å²) in [7, 11) is 0. The van der Waals surface area contributed by atoms with Crippen molar-refractivity contribution in [2.24, 2.45) is 0 Å². The minimum atomic E-state index is -4.12. The van der Waals surface area contributed by atoms with Crippen LogP contribution in [-0.2, 0) is 20.0 Å². The molecule has 0 heterocycles. The van der Waals surface area contributed by atoms with Crippen molar-refractivity contribution in [1.82, 2.24) is 0 Å². The first-order valence-electron chi connectivity index (χ1n) is 13.9. The van der Waals surface area contributed by atoms with E-state index in [-0.39, 0.29) is 0 Å². The van der Waals surface area contributed by atoms with E-state index in [1.807, 2.05) is 0 Å². The van der Waals surface area contributed by atoms with Gasteiger partial charge < -0.3 is 0 Å². The van der Waals surface area contributed by atoms with Gasteiger partial charge in [-0.3, -0.25) is 0 Å². The number of rotatable bonds is 6. The van der Waals surface area contributed by atoms with E-state index in [0.29, 0.717) is 0 Å². The van der Waals surface area contributed by atoms with E-state index >= 15 is 43.9 Å². The third kappa shape index (κ3) is 4.29. The molecule has 0 spiro atoms. The van der Waals surface area contributed by atoms with Gasteiger partial charge in [0.15, 0.2) is 0 Å². The first-order valence-corrected chi connectivity index (χ1v) is 15.7. The van der Waals surface area contributed by atoms with Crippen molar-refractivity contribution >= 4 is 15.0 Å². The molecule has 240 valence electrons. The molecule has 11 heteroatoms. The van der Waals surface area contributed by atoms with E-state index in [9.17, 15) is 0 Å². The van der Waals surface area contributed by atoms with Gasteiger partial charge in [0.05, 0.1) is 0 Å². The summed E-state index contributed by atoms with van der Waals surface area (Å²) >= 11 is -2.85. The van der Waals surface area contributed by atoms with Gasteiger partial charge in [0.25, 0.3) is 0 Å². The van der Waals surface area contributed by atoms with Crippen LogP contribution < -0.4 is 0 Å². The molecule has 4 aromatic rings. The van der Waals surface area contributed by atoms with Gasteiger partial charge in [-0.1, -0.05) is 0 Å². The summed E-state index contributed by atoms with van der Waals surface area (Å²) in [5.74, 6) is -19.8. The van der Waals surface area contributed by atoms with E-state index < -0.39 is 104 Å². The van der Waals surface area contributed by atoms with Gasteiger partial charge in [-0.25, -0.2) is 0 Å². The van der Waals surface area contributed by atoms with E-state index in [4.69, 9.17) is 0 Å². The molecule has 0 amide bonds. The van der Waals surface area contributed by atoms with Crippen molar-refractivity contribution in [1.29, 1.82) is 0 Å². The molecule has 4 atom stereocenters. The third-order valence-electron chi connectivity index (χ3n) is 8.36. The molecule has 0 saturated heterocycles. The molecule has 0 N–H and O–H groups in total. The van der Waals surface area contributed by atoms with Gasteiger partial charge >= 0.3 is 269 Å². The summed E-state index contributed by atoms with van der Waals surface area (Å²) in [4.78, 5) is 0. The van der Waals surface area contributed by atoms with Crippen LogP contribution >= 0.6 is 0 Å². The Morgan fingerprint density at radius 1 is 0.319 bits per heavy atom. The molecule has 0 fully saturated rings. The SMILES string of the molecule is FC1=C(F)C(F)(c2ccccc2)C([Se]C2(c3ccccc3)C(F)=C(F)C(F)=C(F)C2(F)c2ccccc2)(c2ccccc2)C(F)=C1F. The Hall–Kier alpha value is -4.34. The van der Waals surface area contributed by atoms with Crippen molar-refractivity contribution in [3.8, 4) is 0 Å². The van der Waals surface area contributed by atoms with Crippen LogP contribution in [0.15, 0.2) is 168 Å². The second kappa shape index (κ2) is 11.7. The van der Waals surface area contributed by atoms with E-state index in [2.05, 4.69) is 0 Å². The standard InChI is InChI=1S/C36H20F10Se/c37-25-27(39)31(43)35(23-17-9-3-10-18-23,33(45,29(25)41)21-13-5-1-6-14-21)47-36(24-19-11-4-12-20-24)32(44)28(40)26(38)30(42)34(36,46)22-15-7-2-8-16-22/h1-20H. The Balaban J connectivity index is 1.86. The van der Waals surface area contributed by atoms with Crippen molar-refractivity contribution in [3.05, 3.63) is 190 Å². The van der Waals surface area contributed by atoms with Gasteiger partial charge in [-0.2, -0.15) is 0 Å². The Morgan fingerprint density at radius 3 is 0.830 bits per heavy atom. The van der Waals surface area contributed by atoms with Gasteiger partial charge in [0, 0.05) is 0 Å². The average molecular weight is 721 g/mol. The first-order chi connectivity index (χ1) is 22.4. The molecule has 0 saturated carbocycles. The van der Waals surface area contributed by atoms with Crippen LogP contribution in [-0.4, -0.2) is 15.0 Å². The maximum absolute atomic E-state index is 18.2. The zero-order valence-corrected chi connectivity index (χ0v) is 25.4. The molecule has 4 aromatic carbocycles. The maximum atomic E-state index is 18.2. The van der Waals surface area contributed by atoms with Crippen LogP contribution in [0.2, 0.25) is 0 Å². The molecule has 0 radical (unpaired) electrons. The fourth-order valence-corrected chi connectivity index (χ4v) is 10.4. The van der Waals surface area contributed by atoms with Crippen molar-refractivity contribution in [2.75, 3.05) is 0 Å². The summed E-state index contributed by atoms with van der Waals surface area (Å²) in [6, 6.07) is 22.5. The Labute approximate surface area is 268 Å². The molecular formula is C36H20F10Se. The summed E-state index contributed by atoms with van der Waals surface area (Å²) in [6.45, 7) is 0. The summed E-state index contributed by atoms with van der Waals surface area (Å²) in [5.41, 5.74) is -11.2. The van der Waals surface area contributed by atoms with Crippen LogP contribution in [0.4, 0.5) is 43.9 Å². The van der Waals surface area contributed by atoms with E-state index in [1.54, 1.807) is 0 Å². The number of hydrogen-bond donors (Lipinski definition) is 0. The Morgan fingerprint density at radius 2 is 0.553 bits per heavy atom. The predicted octanol–water partition coefficient (Wildman–Crippen LogP) is 10.8.